The lowest BCUT2D eigenvalue weighted by Crippen LogP contribution is -2.06. The largest absolute Gasteiger partial charge is 0.493 e. The topological polar surface area (TPSA) is 55.7 Å². The molecule has 1 N–H and O–H groups in total. The van der Waals surface area contributed by atoms with Crippen LogP contribution >= 0.6 is 11.6 Å². The molecule has 1 heterocycles. The number of alkyl halides is 3. The Kier molecular flexibility index (Phi) is 7.92. The van der Waals surface area contributed by atoms with Crippen LogP contribution < -0.4 is 14.9 Å². The summed E-state index contributed by atoms with van der Waals surface area (Å²) in [5.74, 6) is 1.29. The summed E-state index contributed by atoms with van der Waals surface area (Å²) in [5, 5.41) is 3.82. The van der Waals surface area contributed by atoms with Crippen molar-refractivity contribution >= 4 is 23.6 Å². The maximum absolute atomic E-state index is 12.7. The van der Waals surface area contributed by atoms with Crippen LogP contribution in [0, 0.1) is 0 Å². The van der Waals surface area contributed by atoms with Crippen LogP contribution in [0.4, 0.5) is 19.0 Å². The first kappa shape index (κ1) is 21.8. The summed E-state index contributed by atoms with van der Waals surface area (Å²) < 4.78 is 49.3. The lowest BCUT2D eigenvalue weighted by molar-refractivity contribution is -0.137. The average molecular weight is 416 g/mol. The predicted molar refractivity (Wildman–Crippen MR) is 103 cm³/mol. The molecule has 0 bridgehead atoms. The number of rotatable bonds is 9. The van der Waals surface area contributed by atoms with Crippen molar-refractivity contribution in [3.8, 4) is 11.5 Å². The Bertz CT molecular complexity index is 813. The van der Waals surface area contributed by atoms with Gasteiger partial charge in [0, 0.05) is 17.8 Å². The first-order chi connectivity index (χ1) is 13.3. The highest BCUT2D eigenvalue weighted by Crippen LogP contribution is 2.32. The number of pyridine rings is 1. The number of ether oxygens (including phenoxy) is 2. The molecular weight excluding hydrogens is 395 g/mol. The molecule has 0 atom stereocenters. The quantitative estimate of drug-likeness (QED) is 0.417. The number of nitrogens with one attached hydrogen (secondary N) is 1. The van der Waals surface area contributed by atoms with Crippen LogP contribution in [0.1, 0.15) is 37.8 Å². The highest BCUT2D eigenvalue weighted by atomic mass is 35.5. The fraction of sp³-hybridized carbons (Fsp3) is 0.368. The highest BCUT2D eigenvalue weighted by molar-refractivity contribution is 6.32. The average Bonchev–Trinajstić information content (AvgIpc) is 2.66. The second kappa shape index (κ2) is 10.2. The minimum atomic E-state index is -4.51. The van der Waals surface area contributed by atoms with Gasteiger partial charge in [-0.3, -0.25) is 5.43 Å². The van der Waals surface area contributed by atoms with Gasteiger partial charge in [-0.2, -0.15) is 18.3 Å². The summed E-state index contributed by atoms with van der Waals surface area (Å²) in [5.41, 5.74) is 2.29. The van der Waals surface area contributed by atoms with E-state index in [9.17, 15) is 13.2 Å². The summed E-state index contributed by atoms with van der Waals surface area (Å²) in [7, 11) is 0. The molecule has 0 fully saturated rings. The summed E-state index contributed by atoms with van der Waals surface area (Å²) in [6.45, 7) is 5.13. The van der Waals surface area contributed by atoms with Crippen molar-refractivity contribution in [1.29, 1.82) is 0 Å². The Morgan fingerprint density at radius 3 is 2.50 bits per heavy atom. The van der Waals surface area contributed by atoms with Gasteiger partial charge < -0.3 is 9.47 Å². The minimum absolute atomic E-state index is 0.0184. The summed E-state index contributed by atoms with van der Waals surface area (Å²) in [6.07, 6.45) is -0.617. The number of anilines is 1. The van der Waals surface area contributed by atoms with Crippen LogP contribution in [0.3, 0.4) is 0 Å². The van der Waals surface area contributed by atoms with E-state index in [0.717, 1.165) is 18.9 Å². The van der Waals surface area contributed by atoms with Crippen LogP contribution in [-0.2, 0) is 6.18 Å². The number of benzene rings is 1. The molecule has 9 heteroatoms. The van der Waals surface area contributed by atoms with E-state index < -0.39 is 11.7 Å². The molecule has 0 spiro atoms. The van der Waals surface area contributed by atoms with Crippen LogP contribution in [0.2, 0.25) is 5.02 Å². The van der Waals surface area contributed by atoms with Crippen LogP contribution in [0.25, 0.3) is 0 Å². The van der Waals surface area contributed by atoms with Crippen molar-refractivity contribution in [2.45, 2.75) is 32.9 Å². The third kappa shape index (κ3) is 6.30. The van der Waals surface area contributed by atoms with Crippen LogP contribution in [-0.4, -0.2) is 24.4 Å². The summed E-state index contributed by atoms with van der Waals surface area (Å²) in [4.78, 5) is 3.67. The van der Waals surface area contributed by atoms with E-state index in [0.29, 0.717) is 36.5 Å². The highest BCUT2D eigenvalue weighted by Gasteiger charge is 2.31. The van der Waals surface area contributed by atoms with Crippen molar-refractivity contribution in [3.05, 3.63) is 46.6 Å². The number of nitrogens with zero attached hydrogens (tertiary/aromatic N) is 2. The van der Waals surface area contributed by atoms with E-state index in [1.807, 2.05) is 13.8 Å². The molecule has 0 aliphatic heterocycles. The SMILES string of the molecule is CCCOc1ccc(/C=N/Nc2ncc(C(F)(F)F)cc2Cl)c(OCCC)c1. The van der Waals surface area contributed by atoms with Gasteiger partial charge in [0.25, 0.3) is 0 Å². The molecule has 5 nitrogen and oxygen atoms in total. The van der Waals surface area contributed by atoms with E-state index in [-0.39, 0.29) is 10.8 Å². The monoisotopic (exact) mass is 415 g/mol. The molecule has 0 saturated heterocycles. The Morgan fingerprint density at radius 2 is 1.86 bits per heavy atom. The van der Waals surface area contributed by atoms with Crippen LogP contribution in [0.5, 0.6) is 11.5 Å². The Balaban J connectivity index is 2.14. The van der Waals surface area contributed by atoms with Crippen molar-refractivity contribution in [2.24, 2.45) is 5.10 Å². The minimum Gasteiger partial charge on any atom is -0.493 e. The fourth-order valence-electron chi connectivity index (χ4n) is 2.11. The van der Waals surface area contributed by atoms with Gasteiger partial charge in [0.1, 0.15) is 11.5 Å². The zero-order valence-electron chi connectivity index (χ0n) is 15.5. The van der Waals surface area contributed by atoms with Gasteiger partial charge in [-0.1, -0.05) is 25.4 Å². The Morgan fingerprint density at radius 1 is 1.14 bits per heavy atom. The first-order valence-corrected chi connectivity index (χ1v) is 9.14. The summed E-state index contributed by atoms with van der Waals surface area (Å²) >= 11 is 5.85. The number of halogens is 4. The molecule has 2 aromatic rings. The van der Waals surface area contributed by atoms with Crippen molar-refractivity contribution < 1.29 is 22.6 Å². The van der Waals surface area contributed by atoms with Gasteiger partial charge in [0.05, 0.1) is 30.0 Å². The van der Waals surface area contributed by atoms with Crippen LogP contribution in [0.15, 0.2) is 35.6 Å². The maximum atomic E-state index is 12.7. The van der Waals surface area contributed by atoms with Gasteiger partial charge in [0.15, 0.2) is 5.82 Å². The number of hydrogen-bond acceptors (Lipinski definition) is 5. The molecule has 28 heavy (non-hydrogen) atoms. The second-order valence-electron chi connectivity index (χ2n) is 5.82. The molecule has 0 unspecified atom stereocenters. The zero-order valence-corrected chi connectivity index (χ0v) is 16.3. The number of hydrazone groups is 1. The molecule has 0 saturated carbocycles. The van der Waals surface area contributed by atoms with Gasteiger partial charge in [-0.25, -0.2) is 4.98 Å². The van der Waals surface area contributed by atoms with E-state index >= 15 is 0 Å². The standard InChI is InChI=1S/C19H21ClF3N3O2/c1-3-7-27-15-6-5-13(17(10-15)28-8-4-2)11-25-26-18-16(20)9-14(12-24-18)19(21,22)23/h5-6,9-12H,3-4,7-8H2,1-2H3,(H,24,26)/b25-11+. The molecule has 0 aliphatic carbocycles. The fourth-order valence-corrected chi connectivity index (χ4v) is 2.31. The maximum Gasteiger partial charge on any atom is 0.417 e. The van der Waals surface area contributed by atoms with Gasteiger partial charge in [0.2, 0.25) is 0 Å². The molecule has 2 rings (SSSR count). The number of aromatic nitrogens is 1. The zero-order chi connectivity index (χ0) is 20.6. The molecular formula is C19H21ClF3N3O2. The molecule has 152 valence electrons. The van der Waals surface area contributed by atoms with Gasteiger partial charge in [-0.15, -0.1) is 0 Å². The molecule has 1 aromatic heterocycles. The van der Waals surface area contributed by atoms with Gasteiger partial charge >= 0.3 is 6.18 Å². The first-order valence-electron chi connectivity index (χ1n) is 8.76. The summed E-state index contributed by atoms with van der Waals surface area (Å²) in [6, 6.07) is 6.14. The molecule has 0 radical (unpaired) electrons. The van der Waals surface area contributed by atoms with Crippen molar-refractivity contribution in [3.63, 3.8) is 0 Å². The van der Waals surface area contributed by atoms with E-state index in [2.05, 4.69) is 15.5 Å². The lowest BCUT2D eigenvalue weighted by Gasteiger charge is -2.11. The third-order valence-corrected chi connectivity index (χ3v) is 3.75. The normalized spacial score (nSPS) is 11.6. The molecule has 0 amide bonds. The number of hydrogen-bond donors (Lipinski definition) is 1. The molecule has 1 aromatic carbocycles. The predicted octanol–water partition coefficient (Wildman–Crippen LogP) is 5.78. The van der Waals surface area contributed by atoms with E-state index in [4.69, 9.17) is 21.1 Å². The second-order valence-corrected chi connectivity index (χ2v) is 6.23. The molecule has 0 aliphatic rings. The smallest absolute Gasteiger partial charge is 0.417 e. The third-order valence-electron chi connectivity index (χ3n) is 3.46. The van der Waals surface area contributed by atoms with Gasteiger partial charge in [-0.05, 0) is 31.0 Å². The Labute approximate surface area is 166 Å². The Hall–Kier alpha value is -2.48. The van der Waals surface area contributed by atoms with E-state index in [1.54, 1.807) is 18.2 Å². The van der Waals surface area contributed by atoms with Crippen molar-refractivity contribution in [2.75, 3.05) is 18.6 Å². The lowest BCUT2D eigenvalue weighted by atomic mass is 10.2. The van der Waals surface area contributed by atoms with E-state index in [1.165, 1.54) is 6.21 Å². The van der Waals surface area contributed by atoms with Crippen molar-refractivity contribution in [1.82, 2.24) is 4.98 Å².